The summed E-state index contributed by atoms with van der Waals surface area (Å²) in [6.07, 6.45) is 6.27. The molecular weight excluding hydrogens is 590 g/mol. The normalized spacial score (nSPS) is 29.2. The van der Waals surface area contributed by atoms with Crippen LogP contribution in [0.5, 0.6) is 0 Å². The summed E-state index contributed by atoms with van der Waals surface area (Å²) < 4.78 is -0.708. The Balaban J connectivity index is 1.73. The Morgan fingerprint density at radius 3 is 2.55 bits per heavy atom. The zero-order valence-corrected chi connectivity index (χ0v) is 26.0. The van der Waals surface area contributed by atoms with Gasteiger partial charge in [0, 0.05) is 48.9 Å². The van der Waals surface area contributed by atoms with E-state index in [4.69, 9.17) is 0 Å². The SMILES string of the molecule is C=CCN(Cc1ccccc1)C(=O)[C@H]1[C@H]2C(=O)N(CCCO)C(C(=O)N(CC=C)C(C)CCC)C23CC(Br)[C@@H]1S3. The van der Waals surface area contributed by atoms with E-state index in [1.165, 1.54) is 0 Å². The van der Waals surface area contributed by atoms with Crippen molar-refractivity contribution >= 4 is 45.4 Å². The van der Waals surface area contributed by atoms with Crippen molar-refractivity contribution in [2.24, 2.45) is 11.8 Å². The highest BCUT2D eigenvalue weighted by Gasteiger charge is 2.76. The minimum absolute atomic E-state index is 0.00417. The quantitative estimate of drug-likeness (QED) is 0.245. The summed E-state index contributed by atoms with van der Waals surface area (Å²) in [5.41, 5.74) is 1.01. The van der Waals surface area contributed by atoms with Crippen LogP contribution in [0.25, 0.3) is 0 Å². The summed E-state index contributed by atoms with van der Waals surface area (Å²) >= 11 is 5.51. The van der Waals surface area contributed by atoms with Gasteiger partial charge in [-0.15, -0.1) is 24.9 Å². The lowest BCUT2D eigenvalue weighted by Crippen LogP contribution is -2.57. The van der Waals surface area contributed by atoms with E-state index in [0.29, 0.717) is 32.5 Å². The third-order valence-corrected chi connectivity index (χ3v) is 11.8. The van der Waals surface area contributed by atoms with Gasteiger partial charge < -0.3 is 19.8 Å². The zero-order chi connectivity index (χ0) is 29.0. The molecule has 0 aliphatic carbocycles. The Morgan fingerprint density at radius 2 is 1.93 bits per heavy atom. The van der Waals surface area contributed by atoms with Crippen LogP contribution >= 0.6 is 27.7 Å². The molecule has 1 spiro atoms. The summed E-state index contributed by atoms with van der Waals surface area (Å²) in [4.78, 5) is 48.3. The second-order valence-electron chi connectivity index (χ2n) is 11.2. The van der Waals surface area contributed by atoms with Gasteiger partial charge >= 0.3 is 0 Å². The first-order chi connectivity index (χ1) is 19.2. The van der Waals surface area contributed by atoms with Crippen molar-refractivity contribution in [3.8, 4) is 0 Å². The summed E-state index contributed by atoms with van der Waals surface area (Å²) in [6, 6.07) is 9.14. The molecule has 7 nitrogen and oxygen atoms in total. The van der Waals surface area contributed by atoms with E-state index in [1.807, 2.05) is 42.2 Å². The molecule has 9 heteroatoms. The number of aliphatic hydroxyl groups excluding tert-OH is 1. The topological polar surface area (TPSA) is 81.2 Å². The van der Waals surface area contributed by atoms with Crippen LogP contribution in [0, 0.1) is 11.8 Å². The van der Waals surface area contributed by atoms with Crippen LogP contribution in [0.3, 0.4) is 0 Å². The fourth-order valence-corrected chi connectivity index (χ4v) is 10.5. The Morgan fingerprint density at radius 1 is 1.23 bits per heavy atom. The van der Waals surface area contributed by atoms with Crippen molar-refractivity contribution in [1.29, 1.82) is 0 Å². The van der Waals surface area contributed by atoms with Crippen LogP contribution in [-0.4, -0.2) is 90.7 Å². The maximum absolute atomic E-state index is 14.4. The number of alkyl halides is 1. The maximum atomic E-state index is 14.4. The maximum Gasteiger partial charge on any atom is 0.247 e. The van der Waals surface area contributed by atoms with E-state index in [2.05, 4.69) is 36.0 Å². The molecule has 4 unspecified atom stereocenters. The molecule has 218 valence electrons. The highest BCUT2D eigenvalue weighted by molar-refractivity contribution is 9.09. The number of likely N-dealkylation sites (tertiary alicyclic amines) is 1. The molecule has 0 radical (unpaired) electrons. The number of hydrogen-bond acceptors (Lipinski definition) is 5. The first kappa shape index (κ1) is 30.8. The molecular formula is C31H42BrN3O4S. The summed E-state index contributed by atoms with van der Waals surface area (Å²) in [5, 5.41) is 9.54. The highest BCUT2D eigenvalue weighted by Crippen LogP contribution is 2.68. The van der Waals surface area contributed by atoms with Crippen LogP contribution in [0.15, 0.2) is 55.6 Å². The molecule has 4 rings (SSSR count). The average Bonchev–Trinajstić information content (AvgIpc) is 3.53. The number of nitrogens with zero attached hydrogens (tertiary/aromatic N) is 3. The minimum Gasteiger partial charge on any atom is -0.396 e. The van der Waals surface area contributed by atoms with Gasteiger partial charge in [0.05, 0.1) is 16.6 Å². The van der Waals surface area contributed by atoms with Gasteiger partial charge in [0.1, 0.15) is 6.04 Å². The van der Waals surface area contributed by atoms with Gasteiger partial charge in [0.2, 0.25) is 17.7 Å². The van der Waals surface area contributed by atoms with E-state index >= 15 is 0 Å². The molecule has 40 heavy (non-hydrogen) atoms. The monoisotopic (exact) mass is 631 g/mol. The van der Waals surface area contributed by atoms with Gasteiger partial charge in [-0.25, -0.2) is 0 Å². The molecule has 3 fully saturated rings. The third kappa shape index (κ3) is 5.53. The average molecular weight is 633 g/mol. The Bertz CT molecular complexity index is 1100. The Hall–Kier alpha value is -2.10. The van der Waals surface area contributed by atoms with E-state index in [0.717, 1.165) is 18.4 Å². The van der Waals surface area contributed by atoms with Crippen LogP contribution < -0.4 is 0 Å². The van der Waals surface area contributed by atoms with E-state index in [-0.39, 0.29) is 47.0 Å². The number of thioether (sulfide) groups is 1. The number of carbonyl (C=O) groups excluding carboxylic acids is 3. The van der Waals surface area contributed by atoms with Crippen molar-refractivity contribution in [3.05, 3.63) is 61.2 Å². The first-order valence-electron chi connectivity index (χ1n) is 14.3. The Kier molecular flexibility index (Phi) is 10.2. The van der Waals surface area contributed by atoms with Crippen LogP contribution in [-0.2, 0) is 20.9 Å². The van der Waals surface area contributed by atoms with Gasteiger partial charge in [-0.2, -0.15) is 0 Å². The zero-order valence-electron chi connectivity index (χ0n) is 23.6. The third-order valence-electron chi connectivity index (χ3n) is 8.59. The fraction of sp³-hybridized carbons (Fsp3) is 0.581. The number of halogens is 1. The number of aliphatic hydroxyl groups is 1. The summed E-state index contributed by atoms with van der Waals surface area (Å²) in [5.74, 6) is -1.42. The van der Waals surface area contributed by atoms with Gasteiger partial charge in [0.15, 0.2) is 0 Å². The molecule has 0 saturated carbocycles. The molecule has 0 aromatic heterocycles. The van der Waals surface area contributed by atoms with E-state index < -0.39 is 22.6 Å². The molecule has 3 aliphatic rings. The second-order valence-corrected chi connectivity index (χ2v) is 13.9. The first-order valence-corrected chi connectivity index (χ1v) is 16.1. The second kappa shape index (κ2) is 13.3. The molecule has 1 N–H and O–H groups in total. The van der Waals surface area contributed by atoms with Crippen molar-refractivity contribution in [2.75, 3.05) is 26.2 Å². The highest BCUT2D eigenvalue weighted by atomic mass is 79.9. The van der Waals surface area contributed by atoms with Gasteiger partial charge in [-0.05, 0) is 31.7 Å². The van der Waals surface area contributed by atoms with E-state index in [9.17, 15) is 19.5 Å². The summed E-state index contributed by atoms with van der Waals surface area (Å²) in [7, 11) is 0. The molecule has 3 saturated heterocycles. The summed E-state index contributed by atoms with van der Waals surface area (Å²) in [6.45, 7) is 13.3. The number of benzene rings is 1. The lowest BCUT2D eigenvalue weighted by atomic mass is 9.70. The molecule has 3 aliphatic heterocycles. The molecule has 1 aromatic carbocycles. The van der Waals surface area contributed by atoms with Crippen molar-refractivity contribution < 1.29 is 19.5 Å². The number of amides is 3. The standard InChI is InChI=1S/C31H42BrN3O4S/c1-5-12-21(4)34(16-7-3)30(39)27-31-19-23(32)26(40-31)24(25(31)29(38)35(27)17-11-18-36)28(37)33(15-6-2)20-22-13-9-8-10-14-22/h6-10,13-14,21,23-27,36H,2-3,5,11-12,15-20H2,1,4H3/t21?,23?,24-,25-,26-,27?,31?/m0/s1. The number of rotatable bonds is 14. The van der Waals surface area contributed by atoms with Crippen molar-refractivity contribution in [3.63, 3.8) is 0 Å². The molecule has 3 amide bonds. The van der Waals surface area contributed by atoms with E-state index in [1.54, 1.807) is 33.7 Å². The van der Waals surface area contributed by atoms with Crippen LogP contribution in [0.2, 0.25) is 0 Å². The van der Waals surface area contributed by atoms with Gasteiger partial charge in [0.25, 0.3) is 0 Å². The number of carbonyl (C=O) groups is 3. The Labute approximate surface area is 251 Å². The lowest BCUT2D eigenvalue weighted by Gasteiger charge is -2.40. The smallest absolute Gasteiger partial charge is 0.247 e. The molecule has 3 heterocycles. The van der Waals surface area contributed by atoms with Crippen molar-refractivity contribution in [2.45, 2.75) is 73.0 Å². The van der Waals surface area contributed by atoms with Gasteiger partial charge in [-0.1, -0.05) is 71.8 Å². The fourth-order valence-electron chi connectivity index (χ4n) is 6.93. The van der Waals surface area contributed by atoms with Gasteiger partial charge in [-0.3, -0.25) is 14.4 Å². The van der Waals surface area contributed by atoms with Crippen LogP contribution in [0.1, 0.15) is 45.1 Å². The van der Waals surface area contributed by atoms with Crippen LogP contribution in [0.4, 0.5) is 0 Å². The molecule has 1 aromatic rings. The molecule has 2 bridgehead atoms. The predicted octanol–water partition coefficient (Wildman–Crippen LogP) is 4.25. The predicted molar refractivity (Wildman–Crippen MR) is 164 cm³/mol. The van der Waals surface area contributed by atoms with Crippen molar-refractivity contribution in [1.82, 2.24) is 14.7 Å². The minimum atomic E-state index is -0.708. The molecule has 7 atom stereocenters. The number of hydrogen-bond donors (Lipinski definition) is 1. The number of fused-ring (bicyclic) bond motifs is 1. The largest absolute Gasteiger partial charge is 0.396 e. The lowest BCUT2D eigenvalue weighted by molar-refractivity contribution is -0.145.